The standard InChI is InChI=1S/C12H19N3O2/c1-15(10-4-2-3-5-10)11(12(16)17)6-9-7-13-8-14-9/h7-8,10-11H,2-6H2,1H3,(H,13,14)(H,16,17). The molecule has 1 heterocycles. The molecule has 2 rings (SSSR count). The Kier molecular flexibility index (Phi) is 3.78. The second-order valence-corrected chi connectivity index (χ2v) is 4.72. The Hall–Kier alpha value is -1.36. The summed E-state index contributed by atoms with van der Waals surface area (Å²) in [7, 11) is 1.92. The minimum atomic E-state index is -0.762. The number of carbonyl (C=O) groups is 1. The van der Waals surface area contributed by atoms with Gasteiger partial charge in [-0.15, -0.1) is 0 Å². The summed E-state index contributed by atoms with van der Waals surface area (Å²) in [5.41, 5.74) is 0.808. The highest BCUT2D eigenvalue weighted by Crippen LogP contribution is 2.24. The largest absolute Gasteiger partial charge is 0.480 e. The van der Waals surface area contributed by atoms with Crippen molar-refractivity contribution in [2.24, 2.45) is 0 Å². The molecule has 1 saturated carbocycles. The van der Waals surface area contributed by atoms with Crippen molar-refractivity contribution in [1.82, 2.24) is 14.9 Å². The van der Waals surface area contributed by atoms with Gasteiger partial charge in [-0.2, -0.15) is 0 Å². The smallest absolute Gasteiger partial charge is 0.321 e. The van der Waals surface area contributed by atoms with Crippen LogP contribution >= 0.6 is 0 Å². The van der Waals surface area contributed by atoms with Gasteiger partial charge in [-0.05, 0) is 19.9 Å². The molecule has 0 radical (unpaired) electrons. The summed E-state index contributed by atoms with van der Waals surface area (Å²) in [6.45, 7) is 0. The van der Waals surface area contributed by atoms with Gasteiger partial charge in [0.1, 0.15) is 6.04 Å². The Labute approximate surface area is 101 Å². The fraction of sp³-hybridized carbons (Fsp3) is 0.667. The molecule has 1 aromatic heterocycles. The number of rotatable bonds is 5. The maximum absolute atomic E-state index is 11.3. The second-order valence-electron chi connectivity index (χ2n) is 4.72. The van der Waals surface area contributed by atoms with Crippen molar-refractivity contribution in [2.75, 3.05) is 7.05 Å². The molecular formula is C12H19N3O2. The Morgan fingerprint density at radius 2 is 2.35 bits per heavy atom. The molecule has 1 fully saturated rings. The molecule has 0 spiro atoms. The number of carboxylic acid groups (broad SMARTS) is 1. The van der Waals surface area contributed by atoms with E-state index in [-0.39, 0.29) is 0 Å². The fourth-order valence-electron chi connectivity index (χ4n) is 2.57. The molecule has 1 aliphatic carbocycles. The number of nitrogens with zero attached hydrogens (tertiary/aromatic N) is 2. The molecule has 17 heavy (non-hydrogen) atoms. The normalized spacial score (nSPS) is 18.7. The van der Waals surface area contributed by atoms with Crippen molar-refractivity contribution in [2.45, 2.75) is 44.2 Å². The first-order valence-corrected chi connectivity index (χ1v) is 6.11. The predicted octanol–water partition coefficient (Wildman–Crippen LogP) is 1.28. The molecule has 1 unspecified atom stereocenters. The third kappa shape index (κ3) is 2.85. The van der Waals surface area contributed by atoms with Gasteiger partial charge in [0.05, 0.1) is 12.0 Å². The molecule has 0 amide bonds. The van der Waals surface area contributed by atoms with Crippen LogP contribution in [-0.4, -0.2) is 45.1 Å². The fourth-order valence-corrected chi connectivity index (χ4v) is 2.57. The highest BCUT2D eigenvalue weighted by atomic mass is 16.4. The summed E-state index contributed by atoms with van der Waals surface area (Å²) in [6.07, 6.45) is 8.46. The number of hydrogen-bond donors (Lipinski definition) is 2. The maximum Gasteiger partial charge on any atom is 0.321 e. The van der Waals surface area contributed by atoms with Crippen molar-refractivity contribution >= 4 is 5.97 Å². The zero-order valence-corrected chi connectivity index (χ0v) is 10.1. The lowest BCUT2D eigenvalue weighted by Crippen LogP contribution is -2.45. The Balaban J connectivity index is 2.03. The minimum Gasteiger partial charge on any atom is -0.480 e. The zero-order valence-electron chi connectivity index (χ0n) is 10.1. The highest BCUT2D eigenvalue weighted by Gasteiger charge is 2.30. The number of aliphatic carboxylic acids is 1. The molecule has 0 aliphatic heterocycles. The van der Waals surface area contributed by atoms with Gasteiger partial charge < -0.3 is 10.1 Å². The van der Waals surface area contributed by atoms with Crippen LogP contribution in [-0.2, 0) is 11.2 Å². The van der Waals surface area contributed by atoms with Crippen LogP contribution in [0.3, 0.4) is 0 Å². The first-order chi connectivity index (χ1) is 8.18. The van der Waals surface area contributed by atoms with E-state index in [1.807, 2.05) is 11.9 Å². The summed E-state index contributed by atoms with van der Waals surface area (Å²) < 4.78 is 0. The van der Waals surface area contributed by atoms with Crippen LogP contribution in [0.2, 0.25) is 0 Å². The van der Waals surface area contributed by atoms with Crippen molar-refractivity contribution < 1.29 is 9.90 Å². The first kappa shape index (κ1) is 12.1. The quantitative estimate of drug-likeness (QED) is 0.809. The third-order valence-electron chi connectivity index (χ3n) is 3.63. The van der Waals surface area contributed by atoms with Gasteiger partial charge in [0.15, 0.2) is 0 Å². The van der Waals surface area contributed by atoms with E-state index in [9.17, 15) is 9.90 Å². The van der Waals surface area contributed by atoms with Crippen LogP contribution in [0.15, 0.2) is 12.5 Å². The number of carboxylic acids is 1. The van der Waals surface area contributed by atoms with Gasteiger partial charge in [0.25, 0.3) is 0 Å². The van der Waals surface area contributed by atoms with Gasteiger partial charge in [-0.25, -0.2) is 4.98 Å². The van der Waals surface area contributed by atoms with Gasteiger partial charge in [0.2, 0.25) is 0 Å². The number of aromatic amines is 1. The average molecular weight is 237 g/mol. The monoisotopic (exact) mass is 237 g/mol. The van der Waals surface area contributed by atoms with Crippen molar-refractivity contribution in [3.05, 3.63) is 18.2 Å². The van der Waals surface area contributed by atoms with E-state index in [0.29, 0.717) is 12.5 Å². The number of aromatic nitrogens is 2. The van der Waals surface area contributed by atoms with Gasteiger partial charge in [0, 0.05) is 18.7 Å². The number of likely N-dealkylation sites (N-methyl/N-ethyl adjacent to an activating group) is 1. The summed E-state index contributed by atoms with van der Waals surface area (Å²) in [6, 6.07) is -0.0589. The van der Waals surface area contributed by atoms with Crippen molar-refractivity contribution in [3.8, 4) is 0 Å². The number of nitrogens with one attached hydrogen (secondary N) is 1. The summed E-state index contributed by atoms with van der Waals surface area (Å²) >= 11 is 0. The molecule has 0 bridgehead atoms. The van der Waals surface area contributed by atoms with E-state index in [4.69, 9.17) is 0 Å². The molecule has 1 atom stereocenters. The van der Waals surface area contributed by atoms with E-state index in [1.54, 1.807) is 12.5 Å². The first-order valence-electron chi connectivity index (χ1n) is 6.11. The van der Waals surface area contributed by atoms with E-state index < -0.39 is 12.0 Å². The molecule has 1 aromatic rings. The molecule has 2 N–H and O–H groups in total. The summed E-state index contributed by atoms with van der Waals surface area (Å²) in [4.78, 5) is 20.3. The van der Waals surface area contributed by atoms with Crippen LogP contribution in [0.25, 0.3) is 0 Å². The van der Waals surface area contributed by atoms with E-state index in [1.165, 1.54) is 12.8 Å². The Morgan fingerprint density at radius 1 is 1.65 bits per heavy atom. The number of imidazole rings is 1. The lowest BCUT2D eigenvalue weighted by atomic mass is 10.1. The topological polar surface area (TPSA) is 69.2 Å². The highest BCUT2D eigenvalue weighted by molar-refractivity contribution is 5.73. The third-order valence-corrected chi connectivity index (χ3v) is 3.63. The number of H-pyrrole nitrogens is 1. The van der Waals surface area contributed by atoms with E-state index in [0.717, 1.165) is 18.5 Å². The maximum atomic E-state index is 11.3. The Bertz CT molecular complexity index is 358. The molecular weight excluding hydrogens is 218 g/mol. The zero-order chi connectivity index (χ0) is 12.3. The average Bonchev–Trinajstić information content (AvgIpc) is 2.97. The second kappa shape index (κ2) is 5.31. The van der Waals surface area contributed by atoms with Gasteiger partial charge in [-0.3, -0.25) is 9.69 Å². The van der Waals surface area contributed by atoms with Crippen LogP contribution in [0.4, 0.5) is 0 Å². The van der Waals surface area contributed by atoms with Crippen molar-refractivity contribution in [3.63, 3.8) is 0 Å². The summed E-state index contributed by atoms with van der Waals surface area (Å²) in [5.74, 6) is -0.762. The lowest BCUT2D eigenvalue weighted by molar-refractivity contribution is -0.143. The van der Waals surface area contributed by atoms with Gasteiger partial charge in [-0.1, -0.05) is 12.8 Å². The predicted molar refractivity (Wildman–Crippen MR) is 63.7 cm³/mol. The van der Waals surface area contributed by atoms with Crippen molar-refractivity contribution in [1.29, 1.82) is 0 Å². The van der Waals surface area contributed by atoms with Crippen LogP contribution in [0, 0.1) is 0 Å². The van der Waals surface area contributed by atoms with Crippen LogP contribution in [0.1, 0.15) is 31.4 Å². The van der Waals surface area contributed by atoms with E-state index >= 15 is 0 Å². The van der Waals surface area contributed by atoms with Crippen LogP contribution in [0.5, 0.6) is 0 Å². The van der Waals surface area contributed by atoms with Crippen LogP contribution < -0.4 is 0 Å². The molecule has 5 nitrogen and oxygen atoms in total. The Morgan fingerprint density at radius 3 is 2.88 bits per heavy atom. The van der Waals surface area contributed by atoms with Gasteiger partial charge >= 0.3 is 5.97 Å². The SMILES string of the molecule is CN(C1CCCC1)C(Cc1c[nH]cn1)C(=O)O. The molecule has 0 aromatic carbocycles. The number of hydrogen-bond acceptors (Lipinski definition) is 3. The minimum absolute atomic E-state index is 0.412. The lowest BCUT2D eigenvalue weighted by Gasteiger charge is -2.29. The summed E-state index contributed by atoms with van der Waals surface area (Å²) in [5, 5.41) is 9.32. The molecule has 5 heteroatoms. The molecule has 94 valence electrons. The molecule has 0 saturated heterocycles. The molecule has 1 aliphatic rings. The van der Waals surface area contributed by atoms with E-state index in [2.05, 4.69) is 9.97 Å².